The Balaban J connectivity index is 5.43. The summed E-state index contributed by atoms with van der Waals surface area (Å²) in [6.45, 7) is 5.12. The van der Waals surface area contributed by atoms with Gasteiger partial charge in [-0.2, -0.15) is 0 Å². The van der Waals surface area contributed by atoms with E-state index in [1.54, 1.807) is 13.8 Å². The molecule has 0 saturated carbocycles. The van der Waals surface area contributed by atoms with E-state index in [9.17, 15) is 29.1 Å². The smallest absolute Gasteiger partial charge is 0.328 e. The van der Waals surface area contributed by atoms with Gasteiger partial charge in [-0.1, -0.05) is 20.3 Å². The monoisotopic (exact) mass is 475 g/mol. The molecule has 0 rings (SSSR count). The largest absolute Gasteiger partial charge is 0.481 e. The van der Waals surface area contributed by atoms with Crippen LogP contribution in [-0.4, -0.2) is 81.8 Å². The molecule has 0 saturated heterocycles. The number of carboxylic acid groups (broad SMARTS) is 2. The Hall–Kier alpha value is -2.77. The van der Waals surface area contributed by atoms with Crippen molar-refractivity contribution in [1.82, 2.24) is 16.0 Å². The molecule has 0 aromatic heterocycles. The first-order valence-corrected chi connectivity index (χ1v) is 10.8. The summed E-state index contributed by atoms with van der Waals surface area (Å²) in [4.78, 5) is 60.2. The third-order valence-corrected chi connectivity index (χ3v) is 4.70. The Labute approximate surface area is 192 Å². The van der Waals surface area contributed by atoms with Crippen LogP contribution in [0.1, 0.15) is 52.9 Å². The van der Waals surface area contributed by atoms with E-state index in [1.165, 1.54) is 6.92 Å². The van der Waals surface area contributed by atoms with Crippen LogP contribution in [0.2, 0.25) is 0 Å². The van der Waals surface area contributed by atoms with Crippen LogP contribution in [0.25, 0.3) is 0 Å². The van der Waals surface area contributed by atoms with E-state index in [0.29, 0.717) is 25.8 Å². The number of aliphatic hydroxyl groups is 1. The fraction of sp³-hybridized carbons (Fsp3) is 0.750. The fourth-order valence-electron chi connectivity index (χ4n) is 2.92. The van der Waals surface area contributed by atoms with Crippen molar-refractivity contribution >= 4 is 29.7 Å². The Morgan fingerprint density at radius 3 is 1.85 bits per heavy atom. The molecule has 10 N–H and O–H groups in total. The number of unbranched alkanes of at least 4 members (excludes halogenated alkanes) is 1. The predicted octanol–water partition coefficient (Wildman–Crippen LogP) is -2.12. The third kappa shape index (κ3) is 12.2. The SMILES string of the molecule is CC(C)CC(NC(=O)C(CC(=O)O)NC(=O)C(N)CCCCN)C(=O)NC(C(=O)O)C(C)O. The summed E-state index contributed by atoms with van der Waals surface area (Å²) in [6, 6.07) is -5.32. The van der Waals surface area contributed by atoms with E-state index in [4.69, 9.17) is 21.7 Å². The number of aliphatic carboxylic acids is 2. The molecule has 0 aliphatic carbocycles. The number of hydrogen-bond acceptors (Lipinski definition) is 8. The molecular formula is C20H37N5O8. The molecule has 0 heterocycles. The average Bonchev–Trinajstić information content (AvgIpc) is 2.69. The number of carbonyl (C=O) groups is 5. The molecule has 0 aromatic carbocycles. The molecule has 0 fully saturated rings. The van der Waals surface area contributed by atoms with Crippen LogP contribution in [0, 0.1) is 5.92 Å². The van der Waals surface area contributed by atoms with Gasteiger partial charge in [-0.05, 0) is 38.6 Å². The molecule has 13 nitrogen and oxygen atoms in total. The van der Waals surface area contributed by atoms with Crippen LogP contribution in [0.3, 0.4) is 0 Å². The summed E-state index contributed by atoms with van der Waals surface area (Å²) in [7, 11) is 0. The Morgan fingerprint density at radius 1 is 0.848 bits per heavy atom. The zero-order valence-electron chi connectivity index (χ0n) is 19.2. The second-order valence-electron chi connectivity index (χ2n) is 8.31. The van der Waals surface area contributed by atoms with Crippen molar-refractivity contribution in [3.8, 4) is 0 Å². The highest BCUT2D eigenvalue weighted by atomic mass is 16.4. The van der Waals surface area contributed by atoms with Crippen molar-refractivity contribution in [2.45, 2.75) is 83.1 Å². The molecule has 0 bridgehead atoms. The van der Waals surface area contributed by atoms with Gasteiger partial charge >= 0.3 is 11.9 Å². The van der Waals surface area contributed by atoms with Gasteiger partial charge in [0.1, 0.15) is 12.1 Å². The quantitative estimate of drug-likeness (QED) is 0.113. The van der Waals surface area contributed by atoms with E-state index in [1.807, 2.05) is 0 Å². The number of nitrogens with one attached hydrogen (secondary N) is 3. The Morgan fingerprint density at radius 2 is 1.39 bits per heavy atom. The Bertz CT molecular complexity index is 685. The lowest BCUT2D eigenvalue weighted by Gasteiger charge is -2.26. The molecule has 5 atom stereocenters. The lowest BCUT2D eigenvalue weighted by atomic mass is 10.0. The molecule has 33 heavy (non-hydrogen) atoms. The maximum Gasteiger partial charge on any atom is 0.328 e. The zero-order valence-corrected chi connectivity index (χ0v) is 19.2. The van der Waals surface area contributed by atoms with Crippen molar-refractivity contribution in [2.24, 2.45) is 17.4 Å². The molecule has 0 aliphatic rings. The van der Waals surface area contributed by atoms with E-state index in [-0.39, 0.29) is 12.3 Å². The normalized spacial score (nSPS) is 15.6. The predicted molar refractivity (Wildman–Crippen MR) is 118 cm³/mol. The first kappa shape index (κ1) is 30.2. The summed E-state index contributed by atoms with van der Waals surface area (Å²) < 4.78 is 0. The summed E-state index contributed by atoms with van der Waals surface area (Å²) in [6.07, 6.45) is -0.549. The van der Waals surface area contributed by atoms with Crippen molar-refractivity contribution in [1.29, 1.82) is 0 Å². The van der Waals surface area contributed by atoms with Gasteiger partial charge in [0.05, 0.1) is 18.6 Å². The van der Waals surface area contributed by atoms with Gasteiger partial charge in [-0.3, -0.25) is 19.2 Å². The van der Waals surface area contributed by atoms with Gasteiger partial charge in [-0.15, -0.1) is 0 Å². The van der Waals surface area contributed by atoms with Crippen molar-refractivity contribution < 1.29 is 39.3 Å². The van der Waals surface area contributed by atoms with E-state index >= 15 is 0 Å². The molecule has 0 aliphatic heterocycles. The molecule has 3 amide bonds. The minimum atomic E-state index is -1.61. The molecule has 5 unspecified atom stereocenters. The van der Waals surface area contributed by atoms with Crippen LogP contribution in [0.15, 0.2) is 0 Å². The van der Waals surface area contributed by atoms with Gasteiger partial charge in [0.15, 0.2) is 6.04 Å². The van der Waals surface area contributed by atoms with Crippen molar-refractivity contribution in [3.63, 3.8) is 0 Å². The maximum atomic E-state index is 12.8. The zero-order chi connectivity index (χ0) is 25.7. The molecule has 190 valence electrons. The first-order valence-electron chi connectivity index (χ1n) is 10.8. The van der Waals surface area contributed by atoms with Crippen molar-refractivity contribution in [2.75, 3.05) is 6.54 Å². The van der Waals surface area contributed by atoms with Crippen LogP contribution in [-0.2, 0) is 24.0 Å². The van der Waals surface area contributed by atoms with E-state index in [0.717, 1.165) is 0 Å². The number of aliphatic hydroxyl groups excluding tert-OH is 1. The highest BCUT2D eigenvalue weighted by Gasteiger charge is 2.32. The van der Waals surface area contributed by atoms with E-state index in [2.05, 4.69) is 16.0 Å². The second kappa shape index (κ2) is 15.1. The molecule has 0 radical (unpaired) electrons. The summed E-state index contributed by atoms with van der Waals surface area (Å²) in [5.74, 6) is -5.48. The number of carbonyl (C=O) groups excluding carboxylic acids is 3. The summed E-state index contributed by atoms with van der Waals surface area (Å²) in [5.41, 5.74) is 11.2. The van der Waals surface area contributed by atoms with Crippen LogP contribution in [0.4, 0.5) is 0 Å². The van der Waals surface area contributed by atoms with Crippen LogP contribution >= 0.6 is 0 Å². The first-order chi connectivity index (χ1) is 15.3. The highest BCUT2D eigenvalue weighted by Crippen LogP contribution is 2.08. The van der Waals surface area contributed by atoms with Crippen LogP contribution < -0.4 is 27.4 Å². The van der Waals surface area contributed by atoms with Gasteiger partial charge in [0, 0.05) is 0 Å². The summed E-state index contributed by atoms with van der Waals surface area (Å²) in [5, 5.41) is 34.7. The van der Waals surface area contributed by atoms with Gasteiger partial charge in [0.2, 0.25) is 17.7 Å². The van der Waals surface area contributed by atoms with Gasteiger partial charge in [-0.25, -0.2) is 4.79 Å². The standard InChI is InChI=1S/C20H37N5O8/c1-10(2)8-13(19(31)25-16(11(3)26)20(32)33)24-18(30)14(9-15(27)28)23-17(29)12(22)6-4-5-7-21/h10-14,16,26H,4-9,21-22H2,1-3H3,(H,23,29)(H,24,30)(H,25,31)(H,27,28)(H,32,33). The highest BCUT2D eigenvalue weighted by molar-refractivity contribution is 5.95. The third-order valence-electron chi connectivity index (χ3n) is 4.70. The Kier molecular flexibility index (Phi) is 13.9. The minimum Gasteiger partial charge on any atom is -0.481 e. The lowest BCUT2D eigenvalue weighted by Crippen LogP contribution is -2.58. The number of hydrogen-bond donors (Lipinski definition) is 8. The van der Waals surface area contributed by atoms with Crippen LogP contribution in [0.5, 0.6) is 0 Å². The minimum absolute atomic E-state index is 0.0933. The second-order valence-corrected chi connectivity index (χ2v) is 8.31. The fourth-order valence-corrected chi connectivity index (χ4v) is 2.92. The number of nitrogens with two attached hydrogens (primary N) is 2. The number of amides is 3. The average molecular weight is 476 g/mol. The lowest BCUT2D eigenvalue weighted by molar-refractivity contribution is -0.145. The topological polar surface area (TPSA) is 234 Å². The summed E-state index contributed by atoms with van der Waals surface area (Å²) >= 11 is 0. The van der Waals surface area contributed by atoms with E-state index < -0.39 is 66.4 Å². The number of carboxylic acids is 2. The molecule has 0 spiro atoms. The molecule has 13 heteroatoms. The van der Waals surface area contributed by atoms with Gasteiger partial charge < -0.3 is 42.7 Å². The molecule has 0 aromatic rings. The van der Waals surface area contributed by atoms with Gasteiger partial charge in [0.25, 0.3) is 0 Å². The number of rotatable bonds is 16. The maximum absolute atomic E-state index is 12.8. The van der Waals surface area contributed by atoms with Crippen molar-refractivity contribution in [3.05, 3.63) is 0 Å². The molecular weight excluding hydrogens is 438 g/mol.